The number of hydrogen-bond donors (Lipinski definition) is 1. The van der Waals surface area contributed by atoms with Gasteiger partial charge in [0.05, 0.1) is 20.1 Å². The maximum atomic E-state index is 9.87. The third-order valence-corrected chi connectivity index (χ3v) is 5.56. The van der Waals surface area contributed by atoms with Gasteiger partial charge in [0.25, 0.3) is 0 Å². The van der Waals surface area contributed by atoms with Crippen molar-refractivity contribution in [3.8, 4) is 17.6 Å². The highest BCUT2D eigenvalue weighted by molar-refractivity contribution is 5.64. The van der Waals surface area contributed by atoms with E-state index >= 15 is 0 Å². The molecule has 2 aromatic carbocycles. The molecule has 2 aromatic rings. The van der Waals surface area contributed by atoms with Crippen LogP contribution in [0.2, 0.25) is 0 Å². The summed E-state index contributed by atoms with van der Waals surface area (Å²) in [5.41, 5.74) is 10.6. The molecule has 0 radical (unpaired) electrons. The maximum Gasteiger partial charge on any atom is 0.205 e. The van der Waals surface area contributed by atoms with E-state index in [-0.39, 0.29) is 11.8 Å². The normalized spacial score (nSPS) is 20.2. The summed E-state index contributed by atoms with van der Waals surface area (Å²) in [6.07, 6.45) is 2.08. The van der Waals surface area contributed by atoms with Crippen molar-refractivity contribution in [2.45, 2.75) is 5.92 Å². The molecule has 0 unspecified atom stereocenters. The highest BCUT2D eigenvalue weighted by Gasteiger charge is 2.37. The summed E-state index contributed by atoms with van der Waals surface area (Å²) in [5, 5.41) is 9.87. The lowest BCUT2D eigenvalue weighted by Crippen LogP contribution is -2.35. The molecule has 0 saturated heterocycles. The van der Waals surface area contributed by atoms with Crippen molar-refractivity contribution < 1.29 is 14.2 Å². The molecule has 0 fully saturated rings. The van der Waals surface area contributed by atoms with Gasteiger partial charge in [0.2, 0.25) is 5.88 Å². The van der Waals surface area contributed by atoms with Crippen molar-refractivity contribution >= 4 is 6.08 Å². The van der Waals surface area contributed by atoms with Gasteiger partial charge in [-0.2, -0.15) is 5.26 Å². The lowest BCUT2D eigenvalue weighted by Gasteiger charge is -2.37. The van der Waals surface area contributed by atoms with E-state index < -0.39 is 0 Å². The SMILES string of the molecule is COc1cccc(/C=C2/CN(C)CC3=C2OC(N)=C(C#N)[C@H]3c2cccc(OC)c2)c1. The first-order chi connectivity index (χ1) is 15.0. The van der Waals surface area contributed by atoms with Gasteiger partial charge in [-0.3, -0.25) is 4.90 Å². The molecule has 1 atom stereocenters. The summed E-state index contributed by atoms with van der Waals surface area (Å²) in [6.45, 7) is 1.38. The summed E-state index contributed by atoms with van der Waals surface area (Å²) in [5.74, 6) is 2.12. The first-order valence-electron chi connectivity index (χ1n) is 10.0. The van der Waals surface area contributed by atoms with Crippen LogP contribution in [0.1, 0.15) is 17.0 Å². The van der Waals surface area contributed by atoms with Crippen LogP contribution in [0, 0.1) is 11.3 Å². The maximum absolute atomic E-state index is 9.87. The van der Waals surface area contributed by atoms with E-state index in [1.807, 2.05) is 48.5 Å². The molecule has 0 bridgehead atoms. The van der Waals surface area contributed by atoms with Crippen LogP contribution in [0.3, 0.4) is 0 Å². The zero-order valence-corrected chi connectivity index (χ0v) is 17.9. The minimum Gasteiger partial charge on any atom is -0.497 e. The Kier molecular flexibility index (Phi) is 5.70. The predicted octanol–water partition coefficient (Wildman–Crippen LogP) is 3.79. The van der Waals surface area contributed by atoms with Crippen molar-refractivity contribution in [1.82, 2.24) is 4.90 Å². The number of nitriles is 1. The highest BCUT2D eigenvalue weighted by atomic mass is 16.5. The third kappa shape index (κ3) is 4.00. The predicted molar refractivity (Wildman–Crippen MR) is 119 cm³/mol. The van der Waals surface area contributed by atoms with Gasteiger partial charge in [-0.05, 0) is 54.1 Å². The molecule has 31 heavy (non-hydrogen) atoms. The van der Waals surface area contributed by atoms with Crippen molar-refractivity contribution in [2.75, 3.05) is 34.4 Å². The number of rotatable bonds is 4. The Hall–Kier alpha value is -3.69. The summed E-state index contributed by atoms with van der Waals surface area (Å²) >= 11 is 0. The standard InChI is InChI=1S/C25H25N3O3/c1-28-14-18(10-16-6-4-8-19(11-16)29-2)24-22(15-28)23(21(13-26)25(27)31-24)17-7-5-9-20(12-17)30-3/h4-12,23H,14-15,27H2,1-3H3/b18-10-/t23-/m1/s1. The van der Waals surface area contributed by atoms with Crippen LogP contribution in [-0.2, 0) is 4.74 Å². The smallest absolute Gasteiger partial charge is 0.205 e. The molecule has 158 valence electrons. The highest BCUT2D eigenvalue weighted by Crippen LogP contribution is 2.44. The summed E-state index contributed by atoms with van der Waals surface area (Å²) in [7, 11) is 5.34. The fourth-order valence-electron chi connectivity index (χ4n) is 4.17. The number of hydrogen-bond acceptors (Lipinski definition) is 6. The number of likely N-dealkylation sites (N-methyl/N-ethyl adjacent to an activating group) is 1. The molecule has 4 rings (SSSR count). The molecule has 2 aliphatic rings. The van der Waals surface area contributed by atoms with Crippen molar-refractivity contribution in [3.63, 3.8) is 0 Å². The Morgan fingerprint density at radius 2 is 1.81 bits per heavy atom. The average Bonchev–Trinajstić information content (AvgIpc) is 2.79. The molecule has 2 N–H and O–H groups in total. The van der Waals surface area contributed by atoms with Crippen LogP contribution in [0.25, 0.3) is 6.08 Å². The fraction of sp³-hybridized carbons (Fsp3) is 0.240. The van der Waals surface area contributed by atoms with Crippen molar-refractivity contribution in [1.29, 1.82) is 5.26 Å². The Morgan fingerprint density at radius 1 is 1.10 bits per heavy atom. The van der Waals surface area contributed by atoms with Crippen LogP contribution in [0.5, 0.6) is 11.5 Å². The summed E-state index contributed by atoms with van der Waals surface area (Å²) in [6, 6.07) is 17.9. The average molecular weight is 415 g/mol. The van der Waals surface area contributed by atoms with Gasteiger partial charge in [-0.1, -0.05) is 24.3 Å². The molecular weight excluding hydrogens is 390 g/mol. The van der Waals surface area contributed by atoms with Crippen LogP contribution in [0.4, 0.5) is 0 Å². The molecule has 0 amide bonds. The monoisotopic (exact) mass is 415 g/mol. The van der Waals surface area contributed by atoms with E-state index in [1.165, 1.54) is 0 Å². The third-order valence-electron chi connectivity index (χ3n) is 5.56. The van der Waals surface area contributed by atoms with Crippen LogP contribution in [-0.4, -0.2) is 39.3 Å². The molecule has 0 aliphatic carbocycles. The second-order valence-electron chi connectivity index (χ2n) is 7.67. The molecular formula is C25H25N3O3. The Bertz CT molecular complexity index is 1140. The molecule has 0 aromatic heterocycles. The van der Waals surface area contributed by atoms with Gasteiger partial charge in [0.15, 0.2) is 0 Å². The van der Waals surface area contributed by atoms with Gasteiger partial charge >= 0.3 is 0 Å². The lowest BCUT2D eigenvalue weighted by molar-refractivity contribution is 0.251. The van der Waals surface area contributed by atoms with Gasteiger partial charge in [-0.15, -0.1) is 0 Å². The van der Waals surface area contributed by atoms with Gasteiger partial charge < -0.3 is 19.9 Å². The molecule has 6 nitrogen and oxygen atoms in total. The summed E-state index contributed by atoms with van der Waals surface area (Å²) < 4.78 is 16.8. The molecule has 2 heterocycles. The number of ether oxygens (including phenoxy) is 3. The van der Waals surface area contributed by atoms with E-state index in [0.29, 0.717) is 18.7 Å². The first-order valence-corrected chi connectivity index (χ1v) is 10.0. The van der Waals surface area contributed by atoms with Gasteiger partial charge in [-0.25, -0.2) is 0 Å². The number of benzene rings is 2. The van der Waals surface area contributed by atoms with E-state index in [1.54, 1.807) is 14.2 Å². The minimum absolute atomic E-state index is 0.148. The van der Waals surface area contributed by atoms with Crippen molar-refractivity contribution in [2.24, 2.45) is 5.73 Å². The van der Waals surface area contributed by atoms with Gasteiger partial charge in [0.1, 0.15) is 28.9 Å². The van der Waals surface area contributed by atoms with E-state index in [2.05, 4.69) is 24.1 Å². The lowest BCUT2D eigenvalue weighted by atomic mass is 9.80. The number of nitrogens with two attached hydrogens (primary N) is 1. The van der Waals surface area contributed by atoms with Crippen LogP contribution in [0.15, 0.2) is 76.9 Å². The van der Waals surface area contributed by atoms with Crippen molar-refractivity contribution in [3.05, 3.63) is 88.0 Å². The number of methoxy groups -OCH3 is 2. The Labute approximate surface area is 182 Å². The fourth-order valence-corrected chi connectivity index (χ4v) is 4.17. The molecule has 0 spiro atoms. The van der Waals surface area contributed by atoms with E-state index in [0.717, 1.165) is 39.5 Å². The topological polar surface area (TPSA) is 80.7 Å². The second-order valence-corrected chi connectivity index (χ2v) is 7.67. The second kappa shape index (κ2) is 8.58. The molecule has 6 heteroatoms. The number of allylic oxidation sites excluding steroid dienone is 1. The van der Waals surface area contributed by atoms with Crippen LogP contribution >= 0.6 is 0 Å². The minimum atomic E-state index is -0.291. The largest absolute Gasteiger partial charge is 0.497 e. The zero-order chi connectivity index (χ0) is 22.0. The quantitative estimate of drug-likeness (QED) is 0.818. The molecule has 2 aliphatic heterocycles. The Balaban J connectivity index is 1.86. The molecule has 0 saturated carbocycles. The summed E-state index contributed by atoms with van der Waals surface area (Å²) in [4.78, 5) is 2.21. The van der Waals surface area contributed by atoms with Crippen LogP contribution < -0.4 is 15.2 Å². The Morgan fingerprint density at radius 3 is 2.52 bits per heavy atom. The van der Waals surface area contributed by atoms with Gasteiger partial charge in [0, 0.05) is 18.7 Å². The first kappa shape index (κ1) is 20.6. The zero-order valence-electron chi connectivity index (χ0n) is 17.9. The number of nitrogens with zero attached hydrogens (tertiary/aromatic N) is 2. The van der Waals surface area contributed by atoms with E-state index in [4.69, 9.17) is 19.9 Å². The van der Waals surface area contributed by atoms with E-state index in [9.17, 15) is 5.26 Å².